The van der Waals surface area contributed by atoms with Gasteiger partial charge in [-0.3, -0.25) is 0 Å². The second-order valence-corrected chi connectivity index (χ2v) is 11.8. The zero-order valence-electron chi connectivity index (χ0n) is 48.6. The van der Waals surface area contributed by atoms with Gasteiger partial charge in [-0.05, 0) is 96.0 Å². The van der Waals surface area contributed by atoms with Crippen LogP contribution in [0.3, 0.4) is 0 Å². The van der Waals surface area contributed by atoms with E-state index in [4.69, 9.17) is 25.0 Å². The molecule has 0 unspecified atom stereocenters. The van der Waals surface area contributed by atoms with Crippen LogP contribution in [0.2, 0.25) is 0 Å². The minimum absolute atomic E-state index is 0.0180. The van der Waals surface area contributed by atoms with Crippen molar-refractivity contribution in [2.24, 2.45) is 0 Å². The lowest BCUT2D eigenvalue weighted by Crippen LogP contribution is -2.14. The summed E-state index contributed by atoms with van der Waals surface area (Å²) < 4.78 is 223. The first-order chi connectivity index (χ1) is 33.1. The average molecular weight is 625 g/mol. The Morgan fingerprint density at radius 1 is 0.553 bits per heavy atom. The lowest BCUT2D eigenvalue weighted by Gasteiger charge is -2.23. The third-order valence-electron chi connectivity index (χ3n) is 8.91. The van der Waals surface area contributed by atoms with Gasteiger partial charge in [-0.1, -0.05) is 141 Å². The van der Waals surface area contributed by atoms with Gasteiger partial charge in [0.05, 0.1) is 32.9 Å². The number of benzene rings is 8. The van der Waals surface area contributed by atoms with Gasteiger partial charge < -0.3 is 4.42 Å². The standard InChI is InChI=1S/C46H32O/c1-46(2)40-20-10-9-17-34(40)35-24-23-30(27-41(35)46)43-36-18-7-5-15-32(36)39(33-16-6-8-19-37(33)43)26-29-13-11-21-42-44(29)38-25-22-28-12-3-4-14-31(28)45(38)47-42/h3-25,27H,26H2,1-2H3/i3D,4D,5D,6D,7D,8D,9D,10D,11D,12D,13D,14D,15D,16D,17D,18D,19D,20D,21D,22D,23D,24D,25D,27D. The Kier molecular flexibility index (Phi) is 2.51. The third kappa shape index (κ3) is 3.71. The van der Waals surface area contributed by atoms with Crippen molar-refractivity contribution in [3.63, 3.8) is 0 Å². The molecule has 1 aliphatic rings. The molecule has 0 saturated heterocycles. The van der Waals surface area contributed by atoms with E-state index in [0.717, 1.165) is 0 Å². The molecule has 1 aromatic heterocycles. The minimum atomic E-state index is -1.49. The van der Waals surface area contributed by atoms with Crippen molar-refractivity contribution in [1.82, 2.24) is 0 Å². The molecule has 1 nitrogen and oxygen atoms in total. The molecule has 0 bridgehead atoms. The summed E-state index contributed by atoms with van der Waals surface area (Å²) in [4.78, 5) is 0. The first-order valence-corrected chi connectivity index (χ1v) is 14.6. The van der Waals surface area contributed by atoms with Crippen LogP contribution >= 0.6 is 0 Å². The van der Waals surface area contributed by atoms with E-state index in [1.54, 1.807) is 13.8 Å². The molecule has 0 amide bonds. The molecule has 0 fully saturated rings. The first-order valence-electron chi connectivity index (χ1n) is 26.6. The zero-order valence-corrected chi connectivity index (χ0v) is 24.6. The number of rotatable bonds is 3. The van der Waals surface area contributed by atoms with E-state index in [1.165, 1.54) is 0 Å². The Hall–Kier alpha value is -5.66. The van der Waals surface area contributed by atoms with E-state index in [-0.39, 0.29) is 49.5 Å². The third-order valence-corrected chi connectivity index (χ3v) is 8.91. The van der Waals surface area contributed by atoms with Crippen molar-refractivity contribution in [3.8, 4) is 22.3 Å². The molecule has 0 radical (unpaired) electrons. The van der Waals surface area contributed by atoms with Gasteiger partial charge in [-0.25, -0.2) is 0 Å². The van der Waals surface area contributed by atoms with Crippen molar-refractivity contribution in [1.29, 1.82) is 0 Å². The molecule has 0 aliphatic heterocycles. The lowest BCUT2D eigenvalue weighted by atomic mass is 9.80. The Morgan fingerprint density at radius 2 is 1.21 bits per heavy atom. The molecule has 47 heavy (non-hydrogen) atoms. The van der Waals surface area contributed by atoms with Crippen LogP contribution in [0.4, 0.5) is 0 Å². The maximum atomic E-state index is 9.92. The summed E-state index contributed by atoms with van der Waals surface area (Å²) in [6, 6.07) is -17.2. The number of hydrogen-bond acceptors (Lipinski definition) is 1. The van der Waals surface area contributed by atoms with E-state index in [9.17, 15) is 12.3 Å². The highest BCUT2D eigenvalue weighted by Crippen LogP contribution is 2.51. The summed E-state index contributed by atoms with van der Waals surface area (Å²) in [5.74, 6) is 0. The minimum Gasteiger partial charge on any atom is -0.455 e. The Bertz CT molecular complexity index is 4010. The number of fused-ring (bicyclic) bond motifs is 10. The molecular formula is C46H32O. The van der Waals surface area contributed by atoms with E-state index in [0.29, 0.717) is 0 Å². The molecule has 10 rings (SSSR count). The van der Waals surface area contributed by atoms with E-state index < -0.39 is 206 Å². The summed E-state index contributed by atoms with van der Waals surface area (Å²) in [6.07, 6.45) is -0.785. The lowest BCUT2D eigenvalue weighted by molar-refractivity contribution is 0.660. The summed E-state index contributed by atoms with van der Waals surface area (Å²) in [5.41, 5.74) is -4.34. The van der Waals surface area contributed by atoms with Crippen LogP contribution in [0, 0.1) is 0 Å². The van der Waals surface area contributed by atoms with Crippen molar-refractivity contribution in [2.45, 2.75) is 25.7 Å². The highest BCUT2D eigenvalue weighted by atomic mass is 16.3. The summed E-state index contributed by atoms with van der Waals surface area (Å²) >= 11 is 0. The predicted octanol–water partition coefficient (Wildman–Crippen LogP) is 12.6. The van der Waals surface area contributed by atoms with Gasteiger partial charge in [0, 0.05) is 21.6 Å². The summed E-state index contributed by atoms with van der Waals surface area (Å²) in [6.45, 7) is 3.10. The largest absolute Gasteiger partial charge is 0.455 e. The van der Waals surface area contributed by atoms with Gasteiger partial charge in [0.1, 0.15) is 11.2 Å². The Labute approximate surface area is 307 Å². The first kappa shape index (κ1) is 12.2. The van der Waals surface area contributed by atoms with Gasteiger partial charge in [-0.15, -0.1) is 0 Å². The van der Waals surface area contributed by atoms with E-state index >= 15 is 0 Å². The second-order valence-electron chi connectivity index (χ2n) is 11.8. The van der Waals surface area contributed by atoms with Crippen LogP contribution in [0.15, 0.2) is 149 Å². The number of furan rings is 1. The van der Waals surface area contributed by atoms with Gasteiger partial charge in [0.25, 0.3) is 0 Å². The molecule has 8 aromatic carbocycles. The highest BCUT2D eigenvalue weighted by Gasteiger charge is 2.35. The predicted molar refractivity (Wildman–Crippen MR) is 198 cm³/mol. The fourth-order valence-corrected chi connectivity index (χ4v) is 6.75. The highest BCUT2D eigenvalue weighted by molar-refractivity contribution is 6.18. The molecule has 0 N–H and O–H groups in total. The smallest absolute Gasteiger partial charge is 0.143 e. The molecule has 0 atom stereocenters. The van der Waals surface area contributed by atoms with Gasteiger partial charge in [0.2, 0.25) is 0 Å². The quantitative estimate of drug-likeness (QED) is 0.178. The van der Waals surface area contributed by atoms with Gasteiger partial charge in [-0.2, -0.15) is 0 Å². The maximum Gasteiger partial charge on any atom is 0.143 e. The maximum absolute atomic E-state index is 9.92. The molecule has 9 aromatic rings. The van der Waals surface area contributed by atoms with Crippen LogP contribution in [-0.2, 0) is 11.8 Å². The fraction of sp³-hybridized carbons (Fsp3) is 0.0870. The van der Waals surface area contributed by atoms with Crippen LogP contribution in [0.1, 0.15) is 69.0 Å². The number of hydrogen-bond donors (Lipinski definition) is 0. The van der Waals surface area contributed by atoms with Crippen molar-refractivity contribution >= 4 is 54.3 Å². The summed E-state index contributed by atoms with van der Waals surface area (Å²) in [5, 5.41) is -3.24. The Morgan fingerprint density at radius 3 is 2.00 bits per heavy atom. The van der Waals surface area contributed by atoms with Crippen LogP contribution < -0.4 is 0 Å². The molecule has 1 heteroatoms. The normalized spacial score (nSPS) is 20.7. The van der Waals surface area contributed by atoms with E-state index in [2.05, 4.69) is 0 Å². The zero-order chi connectivity index (χ0) is 52.2. The SMILES string of the molecule is [2H]c1c([2H])c([2H])c2c(c1[2H])-c1c([2H])c([2H])c(-c3c4c([2H])c([2H])c([2H])c([2H])c4c(Cc4c([2H])c([2H])c([2H])c5oc6c7c([2H])c([2H])c([2H])c([2H])c7c([2H])c([2H])c6c45)c4c([2H])c([2H])c([2H])c([2H])c34)c([2H])c1C2(C)C. The van der Waals surface area contributed by atoms with Crippen LogP contribution in [0.5, 0.6) is 0 Å². The second kappa shape index (κ2) is 9.67. The Balaban J connectivity index is 1.43. The molecule has 222 valence electrons. The topological polar surface area (TPSA) is 13.1 Å². The van der Waals surface area contributed by atoms with Crippen molar-refractivity contribution in [2.75, 3.05) is 0 Å². The molecule has 0 spiro atoms. The molecule has 1 aliphatic carbocycles. The summed E-state index contributed by atoms with van der Waals surface area (Å²) in [7, 11) is 0. The van der Waals surface area contributed by atoms with Crippen LogP contribution in [0.25, 0.3) is 76.5 Å². The average Bonchev–Trinajstić information content (AvgIpc) is 3.85. The van der Waals surface area contributed by atoms with Crippen LogP contribution in [-0.4, -0.2) is 0 Å². The van der Waals surface area contributed by atoms with E-state index in [1.807, 2.05) is 0 Å². The van der Waals surface area contributed by atoms with Crippen molar-refractivity contribution < 1.29 is 37.3 Å². The molecular weight excluding hydrogens is 569 g/mol. The van der Waals surface area contributed by atoms with Gasteiger partial charge in [0.15, 0.2) is 0 Å². The molecule has 0 saturated carbocycles. The van der Waals surface area contributed by atoms with Gasteiger partial charge >= 0.3 is 0 Å². The molecule has 1 heterocycles. The fourth-order valence-electron chi connectivity index (χ4n) is 6.75. The monoisotopic (exact) mass is 624 g/mol. The van der Waals surface area contributed by atoms with Crippen molar-refractivity contribution in [3.05, 3.63) is 167 Å².